The Labute approximate surface area is 130 Å². The Morgan fingerprint density at radius 2 is 1.90 bits per heavy atom. The molecular weight excluding hydrogens is 284 g/mol. The van der Waals surface area contributed by atoms with Gasteiger partial charge < -0.3 is 5.32 Å². The van der Waals surface area contributed by atoms with E-state index < -0.39 is 9.84 Å². The maximum absolute atomic E-state index is 11.3. The van der Waals surface area contributed by atoms with E-state index in [9.17, 15) is 8.42 Å². The Bertz CT molecular complexity index is 405. The van der Waals surface area contributed by atoms with Gasteiger partial charge in [-0.25, -0.2) is 8.42 Å². The van der Waals surface area contributed by atoms with Gasteiger partial charge in [0.15, 0.2) is 0 Å². The highest BCUT2D eigenvalue weighted by molar-refractivity contribution is 7.90. The van der Waals surface area contributed by atoms with E-state index in [0.29, 0.717) is 17.8 Å². The van der Waals surface area contributed by atoms with Gasteiger partial charge in [-0.2, -0.15) is 0 Å². The van der Waals surface area contributed by atoms with Gasteiger partial charge in [-0.15, -0.1) is 0 Å². The van der Waals surface area contributed by atoms with Gasteiger partial charge in [-0.05, 0) is 38.1 Å². The second-order valence-corrected chi connectivity index (χ2v) is 9.22. The Balaban J connectivity index is 1.92. The number of piperazine rings is 1. The van der Waals surface area contributed by atoms with Crippen LogP contribution >= 0.6 is 0 Å². The van der Waals surface area contributed by atoms with Gasteiger partial charge in [0.05, 0.1) is 5.75 Å². The molecule has 1 saturated carbocycles. The number of hydrogen-bond donors (Lipinski definition) is 1. The number of nitrogens with one attached hydrogen (secondary N) is 1. The molecule has 0 aromatic heterocycles. The van der Waals surface area contributed by atoms with Crippen LogP contribution in [0.1, 0.15) is 51.9 Å². The van der Waals surface area contributed by atoms with Gasteiger partial charge in [-0.1, -0.05) is 26.2 Å². The van der Waals surface area contributed by atoms with Crippen LogP contribution in [-0.4, -0.2) is 57.0 Å². The molecule has 21 heavy (non-hydrogen) atoms. The lowest BCUT2D eigenvalue weighted by Gasteiger charge is -2.45. The monoisotopic (exact) mass is 316 g/mol. The fraction of sp³-hybridized carbons (Fsp3) is 1.00. The first kappa shape index (κ1) is 17.2. The van der Waals surface area contributed by atoms with Gasteiger partial charge in [0.25, 0.3) is 0 Å². The third kappa shape index (κ3) is 5.53. The molecule has 0 radical (unpaired) electrons. The highest BCUT2D eigenvalue weighted by Crippen LogP contribution is 2.30. The van der Waals surface area contributed by atoms with Crippen molar-refractivity contribution in [1.82, 2.24) is 10.2 Å². The fourth-order valence-electron chi connectivity index (χ4n) is 3.94. The number of hydrogen-bond acceptors (Lipinski definition) is 4. The first-order valence-corrected chi connectivity index (χ1v) is 10.7. The van der Waals surface area contributed by atoms with Crippen molar-refractivity contribution in [3.05, 3.63) is 0 Å². The molecule has 5 heteroatoms. The molecule has 2 atom stereocenters. The molecule has 2 aliphatic rings. The molecule has 124 valence electrons. The molecule has 2 fully saturated rings. The third-order valence-corrected chi connectivity index (χ3v) is 6.22. The quantitative estimate of drug-likeness (QED) is 0.815. The second-order valence-electron chi connectivity index (χ2n) is 6.96. The van der Waals surface area contributed by atoms with Crippen LogP contribution in [0.25, 0.3) is 0 Å². The SMILES string of the molecule is CCC1CN(CCCS(C)(=O)=O)C(C2CCCCC2)CN1. The van der Waals surface area contributed by atoms with Crippen LogP contribution < -0.4 is 5.32 Å². The van der Waals surface area contributed by atoms with Crippen molar-refractivity contribution in [3.63, 3.8) is 0 Å². The first-order valence-electron chi connectivity index (χ1n) is 8.64. The van der Waals surface area contributed by atoms with Crippen molar-refractivity contribution in [1.29, 1.82) is 0 Å². The Kier molecular flexibility index (Phi) is 6.51. The number of sulfone groups is 1. The van der Waals surface area contributed by atoms with E-state index in [0.717, 1.165) is 38.4 Å². The van der Waals surface area contributed by atoms with E-state index in [1.54, 1.807) is 0 Å². The van der Waals surface area contributed by atoms with Gasteiger partial charge in [0, 0.05) is 31.4 Å². The standard InChI is InChI=1S/C16H32N2O2S/c1-3-15-13-18(10-7-11-21(2,19)20)16(12-17-15)14-8-5-4-6-9-14/h14-17H,3-13H2,1-2H3. The largest absolute Gasteiger partial charge is 0.311 e. The minimum absolute atomic E-state index is 0.325. The van der Waals surface area contributed by atoms with Crippen LogP contribution in [0.15, 0.2) is 0 Å². The second kappa shape index (κ2) is 7.93. The van der Waals surface area contributed by atoms with Gasteiger partial charge >= 0.3 is 0 Å². The van der Waals surface area contributed by atoms with Crippen molar-refractivity contribution in [3.8, 4) is 0 Å². The molecule has 0 aromatic carbocycles. The molecule has 0 spiro atoms. The van der Waals surface area contributed by atoms with Gasteiger partial charge in [0.2, 0.25) is 0 Å². The molecule has 1 heterocycles. The smallest absolute Gasteiger partial charge is 0.147 e. The van der Waals surface area contributed by atoms with Gasteiger partial charge in [0.1, 0.15) is 9.84 Å². The number of rotatable bonds is 6. The molecular formula is C16H32N2O2S. The van der Waals surface area contributed by atoms with Crippen LogP contribution in [-0.2, 0) is 9.84 Å². The lowest BCUT2D eigenvalue weighted by atomic mass is 9.82. The van der Waals surface area contributed by atoms with E-state index in [-0.39, 0.29) is 0 Å². The van der Waals surface area contributed by atoms with Gasteiger partial charge in [-0.3, -0.25) is 4.90 Å². The Morgan fingerprint density at radius 3 is 2.52 bits per heavy atom. The minimum Gasteiger partial charge on any atom is -0.311 e. The molecule has 0 bridgehead atoms. The topological polar surface area (TPSA) is 49.4 Å². The highest BCUT2D eigenvalue weighted by atomic mass is 32.2. The first-order chi connectivity index (χ1) is 9.99. The zero-order valence-electron chi connectivity index (χ0n) is 13.7. The Morgan fingerprint density at radius 1 is 1.19 bits per heavy atom. The summed E-state index contributed by atoms with van der Waals surface area (Å²) in [6.07, 6.45) is 10.1. The third-order valence-electron chi connectivity index (χ3n) is 5.19. The van der Waals surface area contributed by atoms with Crippen molar-refractivity contribution in [2.45, 2.75) is 64.0 Å². The van der Waals surface area contributed by atoms with Crippen LogP contribution in [0.5, 0.6) is 0 Å². The van der Waals surface area contributed by atoms with Crippen LogP contribution in [0.2, 0.25) is 0 Å². The predicted octanol–water partition coefficient (Wildman–Crippen LogP) is 2.05. The summed E-state index contributed by atoms with van der Waals surface area (Å²) in [6.45, 7) is 5.34. The Hall–Kier alpha value is -0.130. The highest BCUT2D eigenvalue weighted by Gasteiger charge is 2.33. The lowest BCUT2D eigenvalue weighted by Crippen LogP contribution is -2.59. The van der Waals surface area contributed by atoms with E-state index in [1.807, 2.05) is 0 Å². The molecule has 1 aliphatic carbocycles. The summed E-state index contributed by atoms with van der Waals surface area (Å²) >= 11 is 0. The van der Waals surface area contributed by atoms with E-state index in [4.69, 9.17) is 0 Å². The number of nitrogens with zero attached hydrogens (tertiary/aromatic N) is 1. The van der Waals surface area contributed by atoms with Crippen molar-refractivity contribution in [2.75, 3.05) is 31.6 Å². The molecule has 2 unspecified atom stereocenters. The predicted molar refractivity (Wildman–Crippen MR) is 88.3 cm³/mol. The molecule has 2 rings (SSSR count). The van der Waals surface area contributed by atoms with Crippen LogP contribution in [0.4, 0.5) is 0 Å². The zero-order chi connectivity index (χ0) is 15.3. The zero-order valence-corrected chi connectivity index (χ0v) is 14.5. The summed E-state index contributed by atoms with van der Waals surface area (Å²) in [5.74, 6) is 1.13. The summed E-state index contributed by atoms with van der Waals surface area (Å²) < 4.78 is 22.7. The molecule has 1 aliphatic heterocycles. The maximum Gasteiger partial charge on any atom is 0.147 e. The average Bonchev–Trinajstić information content (AvgIpc) is 2.46. The average molecular weight is 317 g/mol. The van der Waals surface area contributed by atoms with E-state index >= 15 is 0 Å². The molecule has 0 aromatic rings. The van der Waals surface area contributed by atoms with Crippen molar-refractivity contribution < 1.29 is 8.42 Å². The van der Waals surface area contributed by atoms with Crippen LogP contribution in [0, 0.1) is 5.92 Å². The summed E-state index contributed by atoms with van der Waals surface area (Å²) in [5, 5.41) is 3.69. The normalized spacial score (nSPS) is 29.6. The summed E-state index contributed by atoms with van der Waals surface area (Å²) in [5.41, 5.74) is 0. The molecule has 1 saturated heterocycles. The summed E-state index contributed by atoms with van der Waals surface area (Å²) in [6, 6.07) is 1.19. The summed E-state index contributed by atoms with van der Waals surface area (Å²) in [7, 11) is -2.83. The molecule has 4 nitrogen and oxygen atoms in total. The van der Waals surface area contributed by atoms with Crippen molar-refractivity contribution in [2.24, 2.45) is 5.92 Å². The lowest BCUT2D eigenvalue weighted by molar-refractivity contribution is 0.0712. The van der Waals surface area contributed by atoms with E-state index in [1.165, 1.54) is 38.4 Å². The minimum atomic E-state index is -2.83. The maximum atomic E-state index is 11.3. The molecule has 0 amide bonds. The molecule has 1 N–H and O–H groups in total. The van der Waals surface area contributed by atoms with Crippen molar-refractivity contribution >= 4 is 9.84 Å². The fourth-order valence-corrected chi connectivity index (χ4v) is 4.60. The summed E-state index contributed by atoms with van der Waals surface area (Å²) in [4.78, 5) is 2.59. The van der Waals surface area contributed by atoms with E-state index in [2.05, 4.69) is 17.1 Å². The van der Waals surface area contributed by atoms with Crippen LogP contribution in [0.3, 0.4) is 0 Å².